The zero-order chi connectivity index (χ0) is 27.5. The fourth-order valence-corrected chi connectivity index (χ4v) is 4.35. The molecule has 0 radical (unpaired) electrons. The first-order valence-electron chi connectivity index (χ1n) is 13.1. The average Bonchev–Trinajstić information content (AvgIpc) is 3.20. The molecule has 0 aromatic heterocycles. The predicted octanol–water partition coefficient (Wildman–Crippen LogP) is 3.74. The number of hydrogen-bond acceptors (Lipinski definition) is 7. The van der Waals surface area contributed by atoms with Crippen molar-refractivity contribution in [1.82, 2.24) is 0 Å². The number of rotatable bonds is 16. The van der Waals surface area contributed by atoms with Gasteiger partial charge in [-0.3, -0.25) is 14.4 Å². The van der Waals surface area contributed by atoms with Crippen LogP contribution in [0.4, 0.5) is 11.4 Å². The van der Waals surface area contributed by atoms with Crippen LogP contribution in [0, 0.1) is 5.92 Å². The van der Waals surface area contributed by atoms with E-state index in [1.165, 1.54) is 0 Å². The van der Waals surface area contributed by atoms with Crippen LogP contribution < -0.4 is 10.6 Å². The first kappa shape index (κ1) is 29.4. The van der Waals surface area contributed by atoms with Crippen molar-refractivity contribution in [2.24, 2.45) is 5.92 Å². The highest BCUT2D eigenvalue weighted by atomic mass is 16.5. The molecule has 0 heterocycles. The summed E-state index contributed by atoms with van der Waals surface area (Å²) in [7, 11) is 0. The minimum absolute atomic E-state index is 0.00635. The van der Waals surface area contributed by atoms with Gasteiger partial charge in [-0.05, 0) is 66.3 Å². The summed E-state index contributed by atoms with van der Waals surface area (Å²) in [6.45, 7) is 7.46. The molecule has 1 aliphatic rings. The third kappa shape index (κ3) is 7.94. The van der Waals surface area contributed by atoms with Crippen molar-refractivity contribution in [3.8, 4) is 11.1 Å². The van der Waals surface area contributed by atoms with E-state index in [-0.39, 0.29) is 43.3 Å². The molecule has 2 aromatic rings. The van der Waals surface area contributed by atoms with Gasteiger partial charge in [0.2, 0.25) is 11.8 Å². The van der Waals surface area contributed by atoms with Crippen LogP contribution in [0.5, 0.6) is 0 Å². The molecule has 1 aliphatic carbocycles. The number of carbonyl (C=O) groups is 3. The van der Waals surface area contributed by atoms with E-state index in [1.807, 2.05) is 51.1 Å². The smallest absolute Gasteiger partial charge is 0.250 e. The Labute approximate surface area is 223 Å². The van der Waals surface area contributed by atoms with Gasteiger partial charge in [-0.1, -0.05) is 26.0 Å². The minimum Gasteiger partial charge on any atom is -0.396 e. The van der Waals surface area contributed by atoms with Crippen molar-refractivity contribution in [3.05, 3.63) is 47.5 Å². The summed E-state index contributed by atoms with van der Waals surface area (Å²) in [4.78, 5) is 38.0. The maximum atomic E-state index is 13.3. The van der Waals surface area contributed by atoms with Gasteiger partial charge in [-0.15, -0.1) is 0 Å². The Morgan fingerprint density at radius 3 is 1.79 bits per heavy atom. The van der Waals surface area contributed by atoms with Gasteiger partial charge in [-0.2, -0.15) is 0 Å². The number of ketones is 1. The quantitative estimate of drug-likeness (QED) is 0.285. The summed E-state index contributed by atoms with van der Waals surface area (Å²) in [5.74, 6) is -1.24. The normalized spacial score (nSPS) is 13.8. The molecule has 0 saturated heterocycles. The number of amides is 2. The molecular weight excluding hydrogens is 488 g/mol. The molecule has 1 unspecified atom stereocenters. The number of anilines is 2. The van der Waals surface area contributed by atoms with E-state index in [1.54, 1.807) is 6.07 Å². The van der Waals surface area contributed by atoms with Gasteiger partial charge in [0.1, 0.15) is 19.0 Å². The molecule has 0 aliphatic heterocycles. The number of carbonyl (C=O) groups excluding carboxylic acids is 3. The van der Waals surface area contributed by atoms with E-state index >= 15 is 0 Å². The van der Waals surface area contributed by atoms with Crippen LogP contribution in [0.1, 0.15) is 50.7 Å². The van der Waals surface area contributed by atoms with Crippen LogP contribution in [-0.4, -0.2) is 69.0 Å². The van der Waals surface area contributed by atoms with Crippen LogP contribution in [0.15, 0.2) is 36.4 Å². The van der Waals surface area contributed by atoms with Crippen LogP contribution in [0.2, 0.25) is 0 Å². The van der Waals surface area contributed by atoms with Gasteiger partial charge in [0.25, 0.3) is 0 Å². The lowest BCUT2D eigenvalue weighted by atomic mass is 9.87. The summed E-state index contributed by atoms with van der Waals surface area (Å²) in [5.41, 5.74) is 4.66. The lowest BCUT2D eigenvalue weighted by molar-refractivity contribution is -0.122. The molecule has 2 amide bonds. The Morgan fingerprint density at radius 1 is 0.816 bits per heavy atom. The van der Waals surface area contributed by atoms with E-state index in [2.05, 4.69) is 10.6 Å². The van der Waals surface area contributed by atoms with Crippen molar-refractivity contribution in [2.75, 3.05) is 56.9 Å². The molecule has 9 heteroatoms. The second-order valence-electron chi connectivity index (χ2n) is 9.42. The predicted molar refractivity (Wildman–Crippen MR) is 145 cm³/mol. The Kier molecular flexibility index (Phi) is 11.4. The summed E-state index contributed by atoms with van der Waals surface area (Å²) < 4.78 is 15.9. The van der Waals surface area contributed by atoms with Gasteiger partial charge in [0, 0.05) is 50.3 Å². The van der Waals surface area contributed by atoms with Crippen LogP contribution >= 0.6 is 0 Å². The van der Waals surface area contributed by atoms with Crippen LogP contribution in [-0.2, 0) is 28.6 Å². The first-order chi connectivity index (χ1) is 18.3. The highest BCUT2D eigenvalue weighted by molar-refractivity contribution is 6.01. The summed E-state index contributed by atoms with van der Waals surface area (Å²) in [6.07, 6.45) is 1.18. The zero-order valence-electron chi connectivity index (χ0n) is 22.4. The number of benzene rings is 2. The fraction of sp³-hybridized carbons (Fsp3) is 0.483. The zero-order valence-corrected chi connectivity index (χ0v) is 22.4. The van der Waals surface area contributed by atoms with Crippen molar-refractivity contribution in [1.29, 1.82) is 0 Å². The number of aliphatic hydroxyl groups is 1. The number of hydrogen-bond donors (Lipinski definition) is 3. The van der Waals surface area contributed by atoms with Crippen LogP contribution in [0.25, 0.3) is 11.1 Å². The Balaban J connectivity index is 1.73. The van der Waals surface area contributed by atoms with Crippen molar-refractivity contribution in [3.63, 3.8) is 0 Å². The lowest BCUT2D eigenvalue weighted by Crippen LogP contribution is -2.20. The highest BCUT2D eigenvalue weighted by Gasteiger charge is 2.35. The second kappa shape index (κ2) is 14.7. The Morgan fingerprint density at radius 2 is 1.32 bits per heavy atom. The topological polar surface area (TPSA) is 123 Å². The van der Waals surface area contributed by atoms with E-state index < -0.39 is 5.92 Å². The Hall–Kier alpha value is -3.11. The van der Waals surface area contributed by atoms with Gasteiger partial charge >= 0.3 is 0 Å². The number of fused-ring (bicyclic) bond motifs is 3. The molecule has 2 aromatic carbocycles. The molecule has 0 spiro atoms. The molecule has 3 N–H and O–H groups in total. The lowest BCUT2D eigenvalue weighted by Gasteiger charge is -2.17. The highest BCUT2D eigenvalue weighted by Crippen LogP contribution is 2.47. The minimum atomic E-state index is -0.510. The van der Waals surface area contributed by atoms with E-state index in [0.29, 0.717) is 44.2 Å². The van der Waals surface area contributed by atoms with Gasteiger partial charge in [-0.25, -0.2) is 0 Å². The summed E-state index contributed by atoms with van der Waals surface area (Å²) in [5, 5.41) is 14.5. The molecular formula is C29H38N2O7. The molecule has 0 fully saturated rings. The van der Waals surface area contributed by atoms with Crippen molar-refractivity contribution in [2.45, 2.75) is 39.5 Å². The average molecular weight is 527 g/mol. The Bertz CT molecular complexity index is 1120. The van der Waals surface area contributed by atoms with E-state index in [4.69, 9.17) is 19.3 Å². The van der Waals surface area contributed by atoms with Crippen molar-refractivity contribution >= 4 is 29.0 Å². The third-order valence-corrected chi connectivity index (χ3v) is 6.13. The van der Waals surface area contributed by atoms with Gasteiger partial charge < -0.3 is 30.0 Å². The molecule has 9 nitrogen and oxygen atoms in total. The fourth-order valence-electron chi connectivity index (χ4n) is 4.35. The largest absolute Gasteiger partial charge is 0.396 e. The van der Waals surface area contributed by atoms with Gasteiger partial charge in [0.15, 0.2) is 0 Å². The maximum absolute atomic E-state index is 13.3. The molecule has 206 valence electrons. The molecule has 3 rings (SSSR count). The third-order valence-electron chi connectivity index (χ3n) is 6.13. The van der Waals surface area contributed by atoms with Crippen molar-refractivity contribution < 1.29 is 33.7 Å². The number of ether oxygens (including phenoxy) is 3. The number of nitrogens with one attached hydrogen (secondary N) is 2. The number of aliphatic hydroxyl groups excluding tert-OH is 1. The maximum Gasteiger partial charge on any atom is 0.250 e. The van der Waals surface area contributed by atoms with Gasteiger partial charge in [0.05, 0.1) is 5.92 Å². The SMILES string of the molecule is CCOCCCOCC(=O)Nc1ccc2c(c1)C(C(=O)C(C)C)c1cc(NC(=O)COCCCO)ccc1-2. The summed E-state index contributed by atoms with van der Waals surface area (Å²) in [6, 6.07) is 11.1. The second-order valence-corrected chi connectivity index (χ2v) is 9.42. The van der Waals surface area contributed by atoms with E-state index in [0.717, 1.165) is 28.7 Å². The molecule has 0 bridgehead atoms. The van der Waals surface area contributed by atoms with Crippen LogP contribution in [0.3, 0.4) is 0 Å². The molecule has 0 saturated carbocycles. The monoisotopic (exact) mass is 526 g/mol. The molecule has 1 atom stereocenters. The number of Topliss-reactive ketones (excluding diaryl/α,β-unsaturated/α-hetero) is 1. The van der Waals surface area contributed by atoms with E-state index in [9.17, 15) is 14.4 Å². The molecule has 38 heavy (non-hydrogen) atoms. The summed E-state index contributed by atoms with van der Waals surface area (Å²) >= 11 is 0. The standard InChI is InChI=1S/C29H38N2O7/c1-4-36-13-6-14-38-18-27(34)31-21-8-10-23-22-9-7-20(30-26(33)17-37-12-5-11-32)15-24(22)28(25(23)16-21)29(35)19(2)3/h7-10,15-16,19,28,32H,4-6,11-14,17-18H2,1-3H3,(H,30,33)(H,31,34). The first-order valence-corrected chi connectivity index (χ1v) is 13.1.